The van der Waals surface area contributed by atoms with Crippen molar-refractivity contribution in [2.75, 3.05) is 25.0 Å². The van der Waals surface area contributed by atoms with Crippen molar-refractivity contribution in [2.24, 2.45) is 0 Å². The van der Waals surface area contributed by atoms with E-state index in [9.17, 15) is 9.59 Å². The molecule has 0 aromatic heterocycles. The summed E-state index contributed by atoms with van der Waals surface area (Å²) in [6.45, 7) is 16.0. The first-order valence-corrected chi connectivity index (χ1v) is 10.1. The summed E-state index contributed by atoms with van der Waals surface area (Å²) in [4.78, 5) is 27.0. The van der Waals surface area contributed by atoms with Crippen molar-refractivity contribution < 1.29 is 19.1 Å². The van der Waals surface area contributed by atoms with Crippen LogP contribution in [0.15, 0.2) is 24.3 Å². The Balaban J connectivity index is 1.96. The summed E-state index contributed by atoms with van der Waals surface area (Å²) in [5, 5.41) is 5.68. The molecule has 1 aromatic rings. The molecule has 7 heteroatoms. The second-order valence-electron chi connectivity index (χ2n) is 9.37. The number of morpholine rings is 1. The number of hydrogen-bond acceptors (Lipinski definition) is 5. The third kappa shape index (κ3) is 7.33. The molecule has 2 atom stereocenters. The Kier molecular flexibility index (Phi) is 7.30. The molecule has 0 radical (unpaired) electrons. The molecule has 29 heavy (non-hydrogen) atoms. The van der Waals surface area contributed by atoms with Gasteiger partial charge in [0.2, 0.25) is 0 Å². The number of hydrogen-bond donors (Lipinski definition) is 2. The Morgan fingerprint density at radius 3 is 2.34 bits per heavy atom. The SMILES string of the molecule is CC1CN(C(C)(C)CNC(=O)c2cccc(NC(=O)OC(C)(C)C)c2)CC(C)O1. The lowest BCUT2D eigenvalue weighted by molar-refractivity contribution is -0.0948. The van der Waals surface area contributed by atoms with Crippen LogP contribution in [0.5, 0.6) is 0 Å². The van der Waals surface area contributed by atoms with E-state index in [-0.39, 0.29) is 23.7 Å². The lowest BCUT2D eigenvalue weighted by Gasteiger charge is -2.45. The van der Waals surface area contributed by atoms with Gasteiger partial charge in [-0.05, 0) is 66.7 Å². The molecular weight excluding hydrogens is 370 g/mol. The molecule has 1 aromatic carbocycles. The molecule has 1 fully saturated rings. The summed E-state index contributed by atoms with van der Waals surface area (Å²) in [6, 6.07) is 6.83. The fraction of sp³-hybridized carbons (Fsp3) is 0.636. The van der Waals surface area contributed by atoms with Crippen LogP contribution in [0.3, 0.4) is 0 Å². The molecule has 0 bridgehead atoms. The predicted octanol–water partition coefficient (Wildman–Crippen LogP) is 3.65. The average molecular weight is 406 g/mol. The van der Waals surface area contributed by atoms with Crippen LogP contribution < -0.4 is 10.6 Å². The van der Waals surface area contributed by atoms with Gasteiger partial charge in [0.15, 0.2) is 0 Å². The standard InChI is InChI=1S/C22H35N3O4/c1-15-12-25(13-16(2)28-15)22(6,7)14-23-19(26)17-9-8-10-18(11-17)24-20(27)29-21(3,4)5/h8-11,15-16H,12-14H2,1-7H3,(H,23,26)(H,24,27). The van der Waals surface area contributed by atoms with Gasteiger partial charge in [-0.1, -0.05) is 6.07 Å². The first-order chi connectivity index (χ1) is 13.4. The third-order valence-electron chi connectivity index (χ3n) is 4.73. The normalized spacial score (nSPS) is 20.8. The maximum Gasteiger partial charge on any atom is 0.412 e. The van der Waals surface area contributed by atoms with Crippen LogP contribution in [0.2, 0.25) is 0 Å². The van der Waals surface area contributed by atoms with E-state index in [0.717, 1.165) is 13.1 Å². The van der Waals surface area contributed by atoms with E-state index in [1.54, 1.807) is 45.0 Å². The molecule has 1 aliphatic heterocycles. The van der Waals surface area contributed by atoms with Crippen LogP contribution in [0, 0.1) is 0 Å². The Morgan fingerprint density at radius 2 is 1.76 bits per heavy atom. The van der Waals surface area contributed by atoms with Gasteiger partial charge in [0, 0.05) is 36.4 Å². The number of rotatable bonds is 5. The van der Waals surface area contributed by atoms with Crippen molar-refractivity contribution in [1.82, 2.24) is 10.2 Å². The van der Waals surface area contributed by atoms with E-state index in [2.05, 4.69) is 43.2 Å². The van der Waals surface area contributed by atoms with Crippen LogP contribution in [-0.2, 0) is 9.47 Å². The minimum absolute atomic E-state index is 0.171. The van der Waals surface area contributed by atoms with E-state index < -0.39 is 11.7 Å². The third-order valence-corrected chi connectivity index (χ3v) is 4.73. The highest BCUT2D eigenvalue weighted by molar-refractivity contribution is 5.96. The zero-order valence-corrected chi connectivity index (χ0v) is 18.7. The molecule has 1 aliphatic rings. The first kappa shape index (κ1) is 23.2. The Hall–Kier alpha value is -2.12. The number of nitrogens with one attached hydrogen (secondary N) is 2. The summed E-state index contributed by atoms with van der Waals surface area (Å²) < 4.78 is 11.1. The lowest BCUT2D eigenvalue weighted by atomic mass is 10.00. The van der Waals surface area contributed by atoms with Crippen LogP contribution in [0.4, 0.5) is 10.5 Å². The number of ether oxygens (including phenoxy) is 2. The van der Waals surface area contributed by atoms with Crippen molar-refractivity contribution in [2.45, 2.75) is 71.8 Å². The molecule has 2 rings (SSSR count). The molecule has 0 spiro atoms. The summed E-state index contributed by atoms with van der Waals surface area (Å²) in [5.41, 5.74) is 0.216. The quantitative estimate of drug-likeness (QED) is 0.782. The number of nitrogens with zero attached hydrogens (tertiary/aromatic N) is 1. The number of carbonyl (C=O) groups is 2. The van der Waals surface area contributed by atoms with Crippen LogP contribution in [-0.4, -0.2) is 59.9 Å². The summed E-state index contributed by atoms with van der Waals surface area (Å²) in [7, 11) is 0. The topological polar surface area (TPSA) is 79.9 Å². The van der Waals surface area contributed by atoms with Gasteiger partial charge in [0.25, 0.3) is 5.91 Å². The van der Waals surface area contributed by atoms with Crippen molar-refractivity contribution in [3.05, 3.63) is 29.8 Å². The molecule has 1 saturated heterocycles. The smallest absolute Gasteiger partial charge is 0.412 e. The first-order valence-electron chi connectivity index (χ1n) is 10.1. The predicted molar refractivity (Wildman–Crippen MR) is 114 cm³/mol. The second-order valence-corrected chi connectivity index (χ2v) is 9.37. The largest absolute Gasteiger partial charge is 0.444 e. The van der Waals surface area contributed by atoms with E-state index in [4.69, 9.17) is 9.47 Å². The number of anilines is 1. The van der Waals surface area contributed by atoms with Gasteiger partial charge < -0.3 is 14.8 Å². The van der Waals surface area contributed by atoms with Gasteiger partial charge in [-0.2, -0.15) is 0 Å². The second kappa shape index (κ2) is 9.13. The summed E-state index contributed by atoms with van der Waals surface area (Å²) >= 11 is 0. The fourth-order valence-electron chi connectivity index (χ4n) is 3.34. The Labute approximate surface area is 174 Å². The van der Waals surface area contributed by atoms with Crippen LogP contribution in [0.25, 0.3) is 0 Å². The zero-order chi connectivity index (χ0) is 21.8. The van der Waals surface area contributed by atoms with Gasteiger partial charge in [-0.15, -0.1) is 0 Å². The Morgan fingerprint density at radius 1 is 1.14 bits per heavy atom. The van der Waals surface area contributed by atoms with Crippen molar-refractivity contribution in [3.63, 3.8) is 0 Å². The summed E-state index contributed by atoms with van der Waals surface area (Å²) in [6.07, 6.45) is -0.208. The van der Waals surface area contributed by atoms with Gasteiger partial charge in [-0.25, -0.2) is 4.79 Å². The van der Waals surface area contributed by atoms with Gasteiger partial charge >= 0.3 is 6.09 Å². The molecule has 2 N–H and O–H groups in total. The Bertz CT molecular complexity index is 717. The van der Waals surface area contributed by atoms with E-state index >= 15 is 0 Å². The molecule has 162 valence electrons. The van der Waals surface area contributed by atoms with E-state index in [1.807, 2.05) is 0 Å². The summed E-state index contributed by atoms with van der Waals surface area (Å²) in [5.74, 6) is -0.180. The minimum atomic E-state index is -0.584. The average Bonchev–Trinajstić information content (AvgIpc) is 2.57. The van der Waals surface area contributed by atoms with E-state index in [0.29, 0.717) is 17.8 Å². The minimum Gasteiger partial charge on any atom is -0.444 e. The van der Waals surface area contributed by atoms with Crippen molar-refractivity contribution in [3.8, 4) is 0 Å². The number of benzene rings is 1. The van der Waals surface area contributed by atoms with Gasteiger partial charge in [0.05, 0.1) is 12.2 Å². The molecule has 0 saturated carbocycles. The maximum atomic E-state index is 12.7. The lowest BCUT2D eigenvalue weighted by Crippen LogP contribution is -2.58. The molecule has 2 amide bonds. The number of carbonyl (C=O) groups excluding carboxylic acids is 2. The highest BCUT2D eigenvalue weighted by Crippen LogP contribution is 2.21. The highest BCUT2D eigenvalue weighted by Gasteiger charge is 2.33. The highest BCUT2D eigenvalue weighted by atomic mass is 16.6. The number of amides is 2. The molecule has 7 nitrogen and oxygen atoms in total. The van der Waals surface area contributed by atoms with Gasteiger partial charge in [-0.3, -0.25) is 15.0 Å². The molecule has 1 heterocycles. The fourth-order valence-corrected chi connectivity index (χ4v) is 3.34. The van der Waals surface area contributed by atoms with Crippen molar-refractivity contribution >= 4 is 17.7 Å². The monoisotopic (exact) mass is 405 g/mol. The van der Waals surface area contributed by atoms with Gasteiger partial charge in [0.1, 0.15) is 5.60 Å². The zero-order valence-electron chi connectivity index (χ0n) is 18.7. The molecular formula is C22H35N3O4. The van der Waals surface area contributed by atoms with E-state index in [1.165, 1.54) is 0 Å². The maximum absolute atomic E-state index is 12.7. The van der Waals surface area contributed by atoms with Crippen molar-refractivity contribution in [1.29, 1.82) is 0 Å². The van der Waals surface area contributed by atoms with Crippen LogP contribution in [0.1, 0.15) is 58.8 Å². The van der Waals surface area contributed by atoms with Crippen LogP contribution >= 0.6 is 0 Å². The molecule has 0 aliphatic carbocycles. The molecule has 2 unspecified atom stereocenters.